The van der Waals surface area contributed by atoms with E-state index in [1.807, 2.05) is 12.1 Å². The predicted octanol–water partition coefficient (Wildman–Crippen LogP) is 2.66. The molecule has 0 bridgehead atoms. The lowest BCUT2D eigenvalue weighted by molar-refractivity contribution is 0.0211. The van der Waals surface area contributed by atoms with Crippen molar-refractivity contribution in [3.8, 4) is 0 Å². The molecule has 6 nitrogen and oxygen atoms in total. The highest BCUT2D eigenvalue weighted by Gasteiger charge is 2.36. The van der Waals surface area contributed by atoms with E-state index in [4.69, 9.17) is 26.1 Å². The van der Waals surface area contributed by atoms with Crippen molar-refractivity contribution < 1.29 is 9.47 Å². The first kappa shape index (κ1) is 22.3. The molecule has 2 aliphatic rings. The molecule has 162 valence electrons. The van der Waals surface area contributed by atoms with Crippen LogP contribution < -0.4 is 10.6 Å². The maximum Gasteiger partial charge on any atom is 0.191 e. The number of hydrogen-bond donors (Lipinski definition) is 2. The Hall–Kier alpha value is -1.34. The summed E-state index contributed by atoms with van der Waals surface area (Å²) in [5.74, 6) is 0.866. The third-order valence-electron chi connectivity index (χ3n) is 6.01. The maximum atomic E-state index is 6.58. The minimum Gasteiger partial charge on any atom is -0.381 e. The molecule has 2 aliphatic heterocycles. The van der Waals surface area contributed by atoms with Crippen LogP contribution in [0.4, 0.5) is 0 Å². The van der Waals surface area contributed by atoms with Gasteiger partial charge in [-0.1, -0.05) is 29.8 Å². The lowest BCUT2D eigenvalue weighted by Crippen LogP contribution is -2.49. The van der Waals surface area contributed by atoms with Crippen molar-refractivity contribution in [2.45, 2.75) is 38.1 Å². The molecule has 1 aromatic carbocycles. The van der Waals surface area contributed by atoms with Crippen molar-refractivity contribution in [1.29, 1.82) is 0 Å². The number of aliphatic imine (C=N–C) groups is 1. The summed E-state index contributed by atoms with van der Waals surface area (Å²) < 4.78 is 11.1. The largest absolute Gasteiger partial charge is 0.381 e. The standard InChI is InChI=1S/C22H35ClN4O2/c1-3-24-21(25-16-18(2)27-10-14-29-15-11-27)26-17-22(8-12-28-13-9-22)19-6-4-5-7-20(19)23/h4-7,18H,3,8-17H2,1-2H3,(H2,24,25,26). The highest BCUT2D eigenvalue weighted by Crippen LogP contribution is 2.38. The van der Waals surface area contributed by atoms with E-state index in [0.29, 0.717) is 12.6 Å². The van der Waals surface area contributed by atoms with Gasteiger partial charge < -0.3 is 20.1 Å². The van der Waals surface area contributed by atoms with Crippen molar-refractivity contribution in [3.05, 3.63) is 34.9 Å². The zero-order chi connectivity index (χ0) is 20.5. The van der Waals surface area contributed by atoms with Crippen LogP contribution in [0.25, 0.3) is 0 Å². The molecule has 3 rings (SSSR count). The van der Waals surface area contributed by atoms with Gasteiger partial charge in [0.2, 0.25) is 0 Å². The molecule has 0 amide bonds. The quantitative estimate of drug-likeness (QED) is 0.522. The second-order valence-electron chi connectivity index (χ2n) is 7.95. The summed E-state index contributed by atoms with van der Waals surface area (Å²) in [5.41, 5.74) is 1.11. The number of nitrogens with one attached hydrogen (secondary N) is 2. The van der Waals surface area contributed by atoms with Crippen LogP contribution in [0.1, 0.15) is 32.3 Å². The van der Waals surface area contributed by atoms with Crippen molar-refractivity contribution in [2.24, 2.45) is 4.99 Å². The minimum atomic E-state index is -0.0746. The average Bonchev–Trinajstić information content (AvgIpc) is 2.77. The van der Waals surface area contributed by atoms with Gasteiger partial charge in [0.25, 0.3) is 0 Å². The molecule has 0 spiro atoms. The molecular weight excluding hydrogens is 388 g/mol. The Bertz CT molecular complexity index is 658. The second-order valence-corrected chi connectivity index (χ2v) is 8.35. The van der Waals surface area contributed by atoms with E-state index in [1.54, 1.807) is 0 Å². The molecule has 0 aromatic heterocycles. The Balaban J connectivity index is 1.68. The summed E-state index contributed by atoms with van der Waals surface area (Å²) in [6.07, 6.45) is 1.87. The van der Waals surface area contributed by atoms with E-state index in [0.717, 1.165) is 76.4 Å². The van der Waals surface area contributed by atoms with Crippen molar-refractivity contribution in [2.75, 3.05) is 59.2 Å². The molecule has 29 heavy (non-hydrogen) atoms. The third kappa shape index (κ3) is 6.07. The van der Waals surface area contributed by atoms with Gasteiger partial charge in [0, 0.05) is 55.9 Å². The number of benzene rings is 1. The van der Waals surface area contributed by atoms with Crippen LogP contribution in [0.2, 0.25) is 5.02 Å². The zero-order valence-corrected chi connectivity index (χ0v) is 18.5. The molecule has 1 atom stereocenters. The first-order chi connectivity index (χ1) is 14.1. The summed E-state index contributed by atoms with van der Waals surface area (Å²) in [6, 6.07) is 8.61. The Labute approximate surface area is 180 Å². The van der Waals surface area contributed by atoms with E-state index in [-0.39, 0.29) is 5.41 Å². The van der Waals surface area contributed by atoms with Crippen molar-refractivity contribution in [3.63, 3.8) is 0 Å². The highest BCUT2D eigenvalue weighted by atomic mass is 35.5. The molecule has 0 radical (unpaired) electrons. The Morgan fingerprint density at radius 1 is 1.14 bits per heavy atom. The Morgan fingerprint density at radius 3 is 2.52 bits per heavy atom. The number of rotatable bonds is 7. The zero-order valence-electron chi connectivity index (χ0n) is 17.8. The Kier molecular flexibility index (Phi) is 8.60. The van der Waals surface area contributed by atoms with Crippen molar-refractivity contribution in [1.82, 2.24) is 15.5 Å². The monoisotopic (exact) mass is 422 g/mol. The van der Waals surface area contributed by atoms with Gasteiger partial charge in [-0.05, 0) is 38.3 Å². The van der Waals surface area contributed by atoms with Gasteiger partial charge in [0.1, 0.15) is 0 Å². The van der Waals surface area contributed by atoms with Crippen LogP contribution in [0, 0.1) is 0 Å². The van der Waals surface area contributed by atoms with Gasteiger partial charge >= 0.3 is 0 Å². The molecule has 1 unspecified atom stereocenters. The van der Waals surface area contributed by atoms with Gasteiger partial charge in [0.15, 0.2) is 5.96 Å². The van der Waals surface area contributed by atoms with E-state index in [2.05, 4.69) is 41.5 Å². The third-order valence-corrected chi connectivity index (χ3v) is 6.34. The fourth-order valence-corrected chi connectivity index (χ4v) is 4.47. The summed E-state index contributed by atoms with van der Waals surface area (Å²) in [5, 5.41) is 7.75. The van der Waals surface area contributed by atoms with Crippen LogP contribution in [0.15, 0.2) is 29.3 Å². The average molecular weight is 423 g/mol. The van der Waals surface area contributed by atoms with E-state index in [9.17, 15) is 0 Å². The summed E-state index contributed by atoms with van der Waals surface area (Å²) in [7, 11) is 0. The first-order valence-electron chi connectivity index (χ1n) is 10.8. The van der Waals surface area contributed by atoms with Crippen LogP contribution in [0.5, 0.6) is 0 Å². The molecule has 0 aliphatic carbocycles. The molecule has 0 saturated carbocycles. The Morgan fingerprint density at radius 2 is 1.83 bits per heavy atom. The topological polar surface area (TPSA) is 58.1 Å². The first-order valence-corrected chi connectivity index (χ1v) is 11.2. The molecular formula is C22H35ClN4O2. The number of hydrogen-bond acceptors (Lipinski definition) is 4. The van der Waals surface area contributed by atoms with Gasteiger partial charge in [-0.25, -0.2) is 0 Å². The van der Waals surface area contributed by atoms with Crippen LogP contribution >= 0.6 is 11.6 Å². The summed E-state index contributed by atoms with van der Waals surface area (Å²) >= 11 is 6.58. The second kappa shape index (κ2) is 11.2. The van der Waals surface area contributed by atoms with Gasteiger partial charge in [-0.15, -0.1) is 0 Å². The molecule has 7 heteroatoms. The number of ether oxygens (including phenoxy) is 2. The molecule has 2 saturated heterocycles. The minimum absolute atomic E-state index is 0.0746. The summed E-state index contributed by atoms with van der Waals surface area (Å²) in [4.78, 5) is 7.44. The van der Waals surface area contributed by atoms with E-state index in [1.165, 1.54) is 5.56 Å². The van der Waals surface area contributed by atoms with Gasteiger partial charge in [-0.3, -0.25) is 9.89 Å². The molecule has 2 fully saturated rings. The lowest BCUT2D eigenvalue weighted by Gasteiger charge is -2.37. The highest BCUT2D eigenvalue weighted by molar-refractivity contribution is 6.31. The van der Waals surface area contributed by atoms with Gasteiger partial charge in [0.05, 0.1) is 19.8 Å². The SMILES string of the molecule is CCNC(=NCC1(c2ccccc2Cl)CCOCC1)NCC(C)N1CCOCC1. The van der Waals surface area contributed by atoms with Crippen LogP contribution in [-0.4, -0.2) is 76.1 Å². The fourth-order valence-electron chi connectivity index (χ4n) is 4.13. The number of halogens is 1. The van der Waals surface area contributed by atoms with Crippen LogP contribution in [-0.2, 0) is 14.9 Å². The van der Waals surface area contributed by atoms with E-state index < -0.39 is 0 Å². The maximum absolute atomic E-state index is 6.58. The molecule has 2 heterocycles. The summed E-state index contributed by atoms with van der Waals surface area (Å²) in [6.45, 7) is 11.9. The van der Waals surface area contributed by atoms with Gasteiger partial charge in [-0.2, -0.15) is 0 Å². The van der Waals surface area contributed by atoms with E-state index >= 15 is 0 Å². The molecule has 1 aromatic rings. The lowest BCUT2D eigenvalue weighted by atomic mass is 9.74. The van der Waals surface area contributed by atoms with Crippen LogP contribution in [0.3, 0.4) is 0 Å². The predicted molar refractivity (Wildman–Crippen MR) is 119 cm³/mol. The number of morpholine rings is 1. The van der Waals surface area contributed by atoms with Crippen molar-refractivity contribution >= 4 is 17.6 Å². The molecule has 2 N–H and O–H groups in total. The smallest absolute Gasteiger partial charge is 0.191 e. The number of nitrogens with zero attached hydrogens (tertiary/aromatic N) is 2. The fraction of sp³-hybridized carbons (Fsp3) is 0.682. The number of guanidine groups is 1. The normalized spacial score (nSPS) is 21.6.